The molecule has 2 rings (SSSR count). The molecule has 1 aliphatic rings. The van der Waals surface area contributed by atoms with Crippen molar-refractivity contribution in [1.29, 1.82) is 0 Å². The Bertz CT molecular complexity index is 737. The fourth-order valence-electron chi connectivity index (χ4n) is 2.84. The van der Waals surface area contributed by atoms with Gasteiger partial charge in [0.15, 0.2) is 5.15 Å². The maximum absolute atomic E-state index is 12.7. The van der Waals surface area contributed by atoms with Crippen LogP contribution in [-0.4, -0.2) is 35.1 Å². The number of carbonyl (C=O) groups excluding carboxylic acids is 2. The van der Waals surface area contributed by atoms with Crippen LogP contribution in [0.1, 0.15) is 52.3 Å². The molecule has 0 amide bonds. The number of H-pyrrole nitrogens is 1. The van der Waals surface area contributed by atoms with Crippen molar-refractivity contribution >= 4 is 35.1 Å². The van der Waals surface area contributed by atoms with E-state index in [2.05, 4.69) is 15.3 Å². The van der Waals surface area contributed by atoms with Crippen LogP contribution < -0.4 is 5.32 Å². The van der Waals surface area contributed by atoms with E-state index < -0.39 is 17.9 Å². The maximum Gasteiger partial charge on any atom is 0.336 e. The summed E-state index contributed by atoms with van der Waals surface area (Å²) >= 11 is 12.0. The lowest BCUT2D eigenvalue weighted by molar-refractivity contribution is -0.140. The zero-order chi connectivity index (χ0) is 20.1. The molecule has 0 fully saturated rings. The third-order valence-corrected chi connectivity index (χ3v) is 4.63. The smallest absolute Gasteiger partial charge is 0.336 e. The number of imidazole rings is 1. The van der Waals surface area contributed by atoms with Crippen LogP contribution in [0.4, 0.5) is 0 Å². The minimum atomic E-state index is -0.829. The quantitative estimate of drug-likeness (QED) is 0.656. The summed E-state index contributed by atoms with van der Waals surface area (Å²) in [5, 5.41) is 3.25. The summed E-state index contributed by atoms with van der Waals surface area (Å²) in [7, 11) is 0. The molecule has 7 nitrogen and oxygen atoms in total. The van der Waals surface area contributed by atoms with Crippen LogP contribution in [-0.2, 0) is 19.1 Å². The van der Waals surface area contributed by atoms with E-state index in [1.165, 1.54) is 0 Å². The van der Waals surface area contributed by atoms with E-state index in [0.29, 0.717) is 24.2 Å². The molecule has 148 valence electrons. The number of ether oxygens (including phenoxy) is 2. The molecule has 1 aromatic heterocycles. The zero-order valence-corrected chi connectivity index (χ0v) is 17.3. The predicted octanol–water partition coefficient (Wildman–Crippen LogP) is 3.86. The molecule has 0 bridgehead atoms. The summed E-state index contributed by atoms with van der Waals surface area (Å²) in [4.78, 5) is 32.5. The van der Waals surface area contributed by atoms with E-state index in [9.17, 15) is 9.59 Å². The third kappa shape index (κ3) is 4.65. The number of allylic oxidation sites excluding steroid dienone is 2. The molecule has 1 aromatic rings. The molecule has 2 heterocycles. The number of halogens is 2. The number of esters is 2. The second-order valence-electron chi connectivity index (χ2n) is 6.13. The average Bonchev–Trinajstić information content (AvgIpc) is 2.95. The van der Waals surface area contributed by atoms with Gasteiger partial charge < -0.3 is 19.8 Å². The van der Waals surface area contributed by atoms with Crippen LogP contribution in [0.2, 0.25) is 10.3 Å². The first kappa shape index (κ1) is 21.3. The second kappa shape index (κ2) is 9.28. The molecular weight excluding hydrogens is 393 g/mol. The number of aromatic nitrogens is 2. The molecule has 0 aromatic carbocycles. The average molecular weight is 416 g/mol. The highest BCUT2D eigenvalue weighted by Gasteiger charge is 2.40. The van der Waals surface area contributed by atoms with Gasteiger partial charge in [-0.1, -0.05) is 37.0 Å². The van der Waals surface area contributed by atoms with Gasteiger partial charge in [0.25, 0.3) is 0 Å². The standard InChI is InChI=1S/C18H23Cl2N3O4/c1-5-7-26-17(24)11-9(3)21-10(4)12(18(25)27-8-6-2)13(11)16-22-14(19)15(20)23-16/h13,21H,5-8H2,1-4H3,(H,22,23). The molecule has 9 heteroatoms. The normalized spacial score (nSPS) is 15.0. The van der Waals surface area contributed by atoms with Gasteiger partial charge in [-0.3, -0.25) is 0 Å². The summed E-state index contributed by atoms with van der Waals surface area (Å²) in [5.41, 5.74) is 1.66. The van der Waals surface area contributed by atoms with Crippen LogP contribution >= 0.6 is 23.2 Å². The Balaban J connectivity index is 2.55. The summed E-state index contributed by atoms with van der Waals surface area (Å²) in [6, 6.07) is 0. The third-order valence-electron chi connectivity index (χ3n) is 3.99. The van der Waals surface area contributed by atoms with Crippen molar-refractivity contribution in [3.63, 3.8) is 0 Å². The molecule has 0 saturated carbocycles. The summed E-state index contributed by atoms with van der Waals surface area (Å²) < 4.78 is 10.6. The zero-order valence-electron chi connectivity index (χ0n) is 15.7. The first-order valence-electron chi connectivity index (χ1n) is 8.75. The lowest BCUT2D eigenvalue weighted by atomic mass is 9.85. The molecule has 0 saturated heterocycles. The van der Waals surface area contributed by atoms with E-state index in [-0.39, 0.29) is 40.5 Å². The van der Waals surface area contributed by atoms with Gasteiger partial charge >= 0.3 is 11.9 Å². The summed E-state index contributed by atoms with van der Waals surface area (Å²) in [5.74, 6) is -1.63. The van der Waals surface area contributed by atoms with Gasteiger partial charge in [0.05, 0.1) is 30.3 Å². The monoisotopic (exact) mass is 415 g/mol. The Hall–Kier alpha value is -1.99. The Morgan fingerprint density at radius 1 is 1.00 bits per heavy atom. The predicted molar refractivity (Wildman–Crippen MR) is 102 cm³/mol. The van der Waals surface area contributed by atoms with Crippen molar-refractivity contribution in [2.45, 2.75) is 46.5 Å². The molecule has 1 aliphatic heterocycles. The Kier molecular flexibility index (Phi) is 7.33. The van der Waals surface area contributed by atoms with Crippen LogP contribution in [0.15, 0.2) is 22.5 Å². The summed E-state index contributed by atoms with van der Waals surface area (Å²) in [6.45, 7) is 7.79. The van der Waals surface area contributed by atoms with Crippen molar-refractivity contribution < 1.29 is 19.1 Å². The molecule has 0 unspecified atom stereocenters. The number of rotatable bonds is 7. The number of hydrogen-bond donors (Lipinski definition) is 2. The van der Waals surface area contributed by atoms with Gasteiger partial charge in [-0.05, 0) is 26.7 Å². The number of carbonyl (C=O) groups is 2. The van der Waals surface area contributed by atoms with E-state index in [1.54, 1.807) is 13.8 Å². The molecular formula is C18H23Cl2N3O4. The van der Waals surface area contributed by atoms with Gasteiger partial charge in [-0.2, -0.15) is 0 Å². The first-order chi connectivity index (χ1) is 12.8. The first-order valence-corrected chi connectivity index (χ1v) is 9.51. The van der Waals surface area contributed by atoms with Gasteiger partial charge in [0.2, 0.25) is 0 Å². The van der Waals surface area contributed by atoms with E-state index in [0.717, 1.165) is 0 Å². The molecule has 27 heavy (non-hydrogen) atoms. The van der Waals surface area contributed by atoms with E-state index in [1.807, 2.05) is 13.8 Å². The molecule has 0 atom stereocenters. The van der Waals surface area contributed by atoms with Crippen LogP contribution in [0.25, 0.3) is 0 Å². The summed E-state index contributed by atoms with van der Waals surface area (Å²) in [6.07, 6.45) is 1.35. The van der Waals surface area contributed by atoms with Crippen LogP contribution in [0.3, 0.4) is 0 Å². The lowest BCUT2D eigenvalue weighted by Crippen LogP contribution is -2.33. The number of aromatic amines is 1. The van der Waals surface area contributed by atoms with Gasteiger partial charge in [0, 0.05) is 11.4 Å². The minimum Gasteiger partial charge on any atom is -0.462 e. The molecule has 2 N–H and O–H groups in total. The molecule has 0 spiro atoms. The van der Waals surface area contributed by atoms with Gasteiger partial charge in [-0.15, -0.1) is 0 Å². The largest absolute Gasteiger partial charge is 0.462 e. The highest BCUT2D eigenvalue weighted by molar-refractivity contribution is 6.40. The topological polar surface area (TPSA) is 93.3 Å². The number of nitrogens with one attached hydrogen (secondary N) is 2. The van der Waals surface area contributed by atoms with Crippen molar-refractivity contribution in [2.24, 2.45) is 0 Å². The fourth-order valence-corrected chi connectivity index (χ4v) is 3.11. The highest BCUT2D eigenvalue weighted by Crippen LogP contribution is 2.39. The van der Waals surface area contributed by atoms with Crippen LogP contribution in [0.5, 0.6) is 0 Å². The van der Waals surface area contributed by atoms with E-state index >= 15 is 0 Å². The Labute approximate surface area is 168 Å². The van der Waals surface area contributed by atoms with Gasteiger partial charge in [0.1, 0.15) is 11.0 Å². The molecule has 0 radical (unpaired) electrons. The number of nitrogens with zero attached hydrogens (tertiary/aromatic N) is 1. The van der Waals surface area contributed by atoms with Gasteiger partial charge in [-0.25, -0.2) is 14.6 Å². The van der Waals surface area contributed by atoms with Crippen molar-refractivity contribution in [2.75, 3.05) is 13.2 Å². The second-order valence-corrected chi connectivity index (χ2v) is 6.87. The SMILES string of the molecule is CCCOC(=O)C1=C(C)NC(C)=C(C(=O)OCCC)C1c1nc(Cl)c(Cl)[nH]1. The Morgan fingerprint density at radius 2 is 1.48 bits per heavy atom. The lowest BCUT2D eigenvalue weighted by Gasteiger charge is -2.29. The fraction of sp³-hybridized carbons (Fsp3) is 0.500. The molecule has 0 aliphatic carbocycles. The van der Waals surface area contributed by atoms with Crippen LogP contribution in [0, 0.1) is 0 Å². The van der Waals surface area contributed by atoms with E-state index in [4.69, 9.17) is 32.7 Å². The van der Waals surface area contributed by atoms with Crippen molar-refractivity contribution in [3.8, 4) is 0 Å². The van der Waals surface area contributed by atoms with Crippen molar-refractivity contribution in [1.82, 2.24) is 15.3 Å². The maximum atomic E-state index is 12.7. The number of dihydropyridines is 1. The Morgan fingerprint density at radius 3 is 1.85 bits per heavy atom. The minimum absolute atomic E-state index is 0.0584. The van der Waals surface area contributed by atoms with Crippen molar-refractivity contribution in [3.05, 3.63) is 38.7 Å². The number of hydrogen-bond acceptors (Lipinski definition) is 6. The highest BCUT2D eigenvalue weighted by atomic mass is 35.5.